The highest BCUT2D eigenvalue weighted by atomic mass is 32.1. The zero-order valence-electron chi connectivity index (χ0n) is 19.4. The molecule has 0 bridgehead atoms. The summed E-state index contributed by atoms with van der Waals surface area (Å²) in [5.74, 6) is -0.919. The summed E-state index contributed by atoms with van der Waals surface area (Å²) in [4.78, 5) is 38.3. The summed E-state index contributed by atoms with van der Waals surface area (Å²) in [7, 11) is 0. The van der Waals surface area contributed by atoms with E-state index in [0.717, 1.165) is 49.9 Å². The molecule has 3 rings (SSSR count). The molecule has 0 aliphatic heterocycles. The first-order chi connectivity index (χ1) is 15.9. The third-order valence-electron chi connectivity index (χ3n) is 5.59. The van der Waals surface area contributed by atoms with Gasteiger partial charge in [0.05, 0.1) is 12.2 Å². The number of esters is 2. The van der Waals surface area contributed by atoms with Gasteiger partial charge in [0.2, 0.25) is 0 Å². The molecule has 178 valence electrons. The minimum Gasteiger partial charge on any atom is -0.484 e. The minimum atomic E-state index is -0.589. The zero-order valence-corrected chi connectivity index (χ0v) is 20.2. The highest BCUT2D eigenvalue weighted by molar-refractivity contribution is 7.18. The van der Waals surface area contributed by atoms with E-state index in [2.05, 4.69) is 12.2 Å². The molecule has 1 aliphatic carbocycles. The Hall–Kier alpha value is -2.87. The first kappa shape index (κ1) is 24.8. The lowest BCUT2D eigenvalue weighted by Gasteiger charge is -2.21. The van der Waals surface area contributed by atoms with Gasteiger partial charge in [0.1, 0.15) is 21.7 Å². The van der Waals surface area contributed by atoms with Gasteiger partial charge in [-0.25, -0.2) is 9.59 Å². The first-order valence-corrected chi connectivity index (χ1v) is 12.3. The molecule has 8 heteroatoms. The minimum absolute atomic E-state index is 0.107. The fourth-order valence-corrected chi connectivity index (χ4v) is 4.86. The van der Waals surface area contributed by atoms with Crippen molar-refractivity contribution >= 4 is 34.2 Å². The molecule has 1 N–H and O–H groups in total. The fraction of sp³-hybridized carbons (Fsp3) is 0.480. The normalized spacial score (nSPS) is 13.9. The van der Waals surface area contributed by atoms with Gasteiger partial charge in [-0.2, -0.15) is 0 Å². The molecule has 1 aromatic carbocycles. The molecule has 7 nitrogen and oxygen atoms in total. The monoisotopic (exact) mass is 473 g/mol. The number of anilines is 1. The summed E-state index contributed by atoms with van der Waals surface area (Å²) in [5, 5.41) is 2.97. The van der Waals surface area contributed by atoms with Gasteiger partial charge in [-0.1, -0.05) is 25.5 Å². The molecule has 1 fully saturated rings. The molecule has 1 aromatic heterocycles. The van der Waals surface area contributed by atoms with Crippen molar-refractivity contribution in [2.24, 2.45) is 0 Å². The van der Waals surface area contributed by atoms with Crippen LogP contribution in [-0.2, 0) is 20.7 Å². The van der Waals surface area contributed by atoms with E-state index in [-0.39, 0.29) is 29.9 Å². The highest BCUT2D eigenvalue weighted by Gasteiger charge is 2.29. The van der Waals surface area contributed by atoms with Crippen molar-refractivity contribution in [1.82, 2.24) is 0 Å². The molecular weight excluding hydrogens is 442 g/mol. The average Bonchev–Trinajstić information content (AvgIpc) is 3.14. The van der Waals surface area contributed by atoms with Gasteiger partial charge >= 0.3 is 11.9 Å². The Morgan fingerprint density at radius 2 is 1.73 bits per heavy atom. The van der Waals surface area contributed by atoms with Crippen molar-refractivity contribution in [2.45, 2.75) is 65.4 Å². The molecule has 1 amide bonds. The van der Waals surface area contributed by atoms with Crippen LogP contribution in [0.3, 0.4) is 0 Å². The van der Waals surface area contributed by atoms with Gasteiger partial charge < -0.3 is 19.5 Å². The largest absolute Gasteiger partial charge is 0.484 e. The Morgan fingerprint density at radius 3 is 2.36 bits per heavy atom. The van der Waals surface area contributed by atoms with Gasteiger partial charge in [0, 0.05) is 0 Å². The molecule has 1 saturated carbocycles. The van der Waals surface area contributed by atoms with Crippen LogP contribution in [0.2, 0.25) is 0 Å². The van der Waals surface area contributed by atoms with Gasteiger partial charge in [-0.15, -0.1) is 11.3 Å². The lowest BCUT2D eigenvalue weighted by Crippen LogP contribution is -2.21. The van der Waals surface area contributed by atoms with Gasteiger partial charge in [0.15, 0.2) is 6.61 Å². The van der Waals surface area contributed by atoms with Gasteiger partial charge in [-0.05, 0) is 69.2 Å². The Morgan fingerprint density at radius 1 is 1.03 bits per heavy atom. The highest BCUT2D eigenvalue weighted by Crippen LogP contribution is 2.35. The molecule has 33 heavy (non-hydrogen) atoms. The molecule has 1 aliphatic rings. The summed E-state index contributed by atoms with van der Waals surface area (Å²) in [6.07, 6.45) is 5.74. The van der Waals surface area contributed by atoms with Crippen molar-refractivity contribution in [3.8, 4) is 5.75 Å². The van der Waals surface area contributed by atoms with Crippen molar-refractivity contribution in [3.63, 3.8) is 0 Å². The number of hydrogen-bond acceptors (Lipinski definition) is 7. The SMILES string of the molecule is CCOC(=O)c1c(NC(=O)COc2ccc(CC)cc2)sc(C(=O)OC2CCCCC2)c1C. The van der Waals surface area contributed by atoms with Crippen molar-refractivity contribution in [3.05, 3.63) is 45.8 Å². The number of carbonyl (C=O) groups is 3. The second-order valence-corrected chi connectivity index (χ2v) is 9.00. The first-order valence-electron chi connectivity index (χ1n) is 11.5. The Balaban J connectivity index is 1.72. The predicted molar refractivity (Wildman–Crippen MR) is 127 cm³/mol. The smallest absolute Gasteiger partial charge is 0.348 e. The second-order valence-electron chi connectivity index (χ2n) is 7.98. The van der Waals surface area contributed by atoms with Crippen molar-refractivity contribution in [1.29, 1.82) is 0 Å². The van der Waals surface area contributed by atoms with Crippen LogP contribution in [0.4, 0.5) is 5.00 Å². The summed E-state index contributed by atoms with van der Waals surface area (Å²) in [6, 6.07) is 7.51. The molecule has 0 radical (unpaired) electrons. The lowest BCUT2D eigenvalue weighted by atomic mass is 9.98. The molecule has 2 aromatic rings. The van der Waals surface area contributed by atoms with Crippen LogP contribution < -0.4 is 10.1 Å². The number of amides is 1. The third-order valence-corrected chi connectivity index (χ3v) is 6.78. The van der Waals surface area contributed by atoms with Crippen LogP contribution in [-0.4, -0.2) is 37.2 Å². The molecule has 0 spiro atoms. The maximum absolute atomic E-state index is 12.8. The van der Waals surface area contributed by atoms with E-state index in [0.29, 0.717) is 16.2 Å². The number of thiophene rings is 1. The van der Waals surface area contributed by atoms with Crippen LogP contribution in [0.5, 0.6) is 5.75 Å². The van der Waals surface area contributed by atoms with Crippen molar-refractivity contribution in [2.75, 3.05) is 18.5 Å². The van der Waals surface area contributed by atoms with Crippen LogP contribution in [0, 0.1) is 6.92 Å². The topological polar surface area (TPSA) is 90.9 Å². The van der Waals surface area contributed by atoms with E-state index in [1.165, 1.54) is 5.56 Å². The summed E-state index contributed by atoms with van der Waals surface area (Å²) < 4.78 is 16.4. The third kappa shape index (κ3) is 6.57. The Labute approximate surface area is 198 Å². The van der Waals surface area contributed by atoms with Crippen LogP contribution in [0.25, 0.3) is 0 Å². The van der Waals surface area contributed by atoms with Gasteiger partial charge in [0.25, 0.3) is 5.91 Å². The van der Waals surface area contributed by atoms with E-state index in [4.69, 9.17) is 14.2 Å². The van der Waals surface area contributed by atoms with Gasteiger partial charge in [-0.3, -0.25) is 4.79 Å². The Kier molecular flexibility index (Phi) is 8.88. The zero-order chi connectivity index (χ0) is 23.8. The second kappa shape index (κ2) is 11.8. The molecule has 0 atom stereocenters. The standard InChI is InChI=1S/C25H31NO6S/c1-4-17-11-13-18(14-12-17)31-15-20(27)26-23-21(24(28)30-5-2)16(3)22(33-23)25(29)32-19-9-7-6-8-10-19/h11-14,19H,4-10,15H2,1-3H3,(H,26,27). The number of nitrogens with one attached hydrogen (secondary N) is 1. The predicted octanol–water partition coefficient (Wildman–Crippen LogP) is 5.30. The van der Waals surface area contributed by atoms with E-state index in [9.17, 15) is 14.4 Å². The van der Waals surface area contributed by atoms with E-state index >= 15 is 0 Å². The number of rotatable bonds is 9. The Bertz CT molecular complexity index is 976. The number of carbonyl (C=O) groups excluding carboxylic acids is 3. The quantitative estimate of drug-likeness (QED) is 0.497. The summed E-state index contributed by atoms with van der Waals surface area (Å²) in [5.41, 5.74) is 1.80. The number of aryl methyl sites for hydroxylation is 1. The molecular formula is C25H31NO6S. The average molecular weight is 474 g/mol. The molecule has 1 heterocycles. The number of benzene rings is 1. The van der Waals surface area contributed by atoms with E-state index < -0.39 is 17.8 Å². The van der Waals surface area contributed by atoms with Crippen LogP contribution >= 0.6 is 11.3 Å². The lowest BCUT2D eigenvalue weighted by molar-refractivity contribution is -0.118. The van der Waals surface area contributed by atoms with Crippen LogP contribution in [0.1, 0.15) is 77.1 Å². The molecule has 0 saturated heterocycles. The summed E-state index contributed by atoms with van der Waals surface area (Å²) >= 11 is 1.03. The maximum Gasteiger partial charge on any atom is 0.348 e. The maximum atomic E-state index is 12.8. The number of hydrogen-bond donors (Lipinski definition) is 1. The summed E-state index contributed by atoms with van der Waals surface area (Å²) in [6.45, 7) is 5.38. The van der Waals surface area contributed by atoms with Crippen LogP contribution in [0.15, 0.2) is 24.3 Å². The van der Waals surface area contributed by atoms with Crippen molar-refractivity contribution < 1.29 is 28.6 Å². The molecule has 0 unspecified atom stereocenters. The van der Waals surface area contributed by atoms with E-state index in [1.54, 1.807) is 13.8 Å². The van der Waals surface area contributed by atoms with E-state index in [1.807, 2.05) is 24.3 Å². The fourth-order valence-electron chi connectivity index (χ4n) is 3.77. The number of ether oxygens (including phenoxy) is 3.